The number of carbonyl (C=O) groups excluding carboxylic acids is 2. The van der Waals surface area contributed by atoms with Gasteiger partial charge in [-0.1, -0.05) is 5.57 Å². The van der Waals surface area contributed by atoms with Crippen LogP contribution in [0.2, 0.25) is 0 Å². The maximum atomic E-state index is 12.0. The van der Waals surface area contributed by atoms with E-state index in [2.05, 4.69) is 0 Å². The average molecular weight is 283 g/mol. The van der Waals surface area contributed by atoms with Crippen molar-refractivity contribution in [1.29, 1.82) is 0 Å². The van der Waals surface area contributed by atoms with Crippen LogP contribution in [0.1, 0.15) is 47.5 Å². The predicted molar refractivity (Wildman–Crippen MR) is 76.4 cm³/mol. The normalized spacial score (nSPS) is 18.6. The highest BCUT2D eigenvalue weighted by molar-refractivity contribution is 5.82. The quantitative estimate of drug-likeness (QED) is 0.590. The molecule has 1 saturated heterocycles. The molecule has 1 fully saturated rings. The summed E-state index contributed by atoms with van der Waals surface area (Å²) in [5.41, 5.74) is 0.532. The fraction of sp³-hybridized carbons (Fsp3) is 0.733. The topological polar surface area (TPSA) is 55.8 Å². The molecular weight excluding hydrogens is 258 g/mol. The van der Waals surface area contributed by atoms with Gasteiger partial charge in [0.15, 0.2) is 0 Å². The van der Waals surface area contributed by atoms with Gasteiger partial charge in [0.1, 0.15) is 18.2 Å². The van der Waals surface area contributed by atoms with Crippen molar-refractivity contribution in [2.24, 2.45) is 0 Å². The predicted octanol–water partition coefficient (Wildman–Crippen LogP) is 2.90. The summed E-state index contributed by atoms with van der Waals surface area (Å²) in [6, 6.07) is -0.518. The second-order valence-corrected chi connectivity index (χ2v) is 6.24. The Morgan fingerprint density at radius 1 is 1.30 bits per heavy atom. The van der Waals surface area contributed by atoms with Crippen molar-refractivity contribution >= 4 is 12.1 Å². The molecule has 0 aromatic rings. The summed E-state index contributed by atoms with van der Waals surface area (Å²) in [6.07, 6.45) is 2.82. The Morgan fingerprint density at radius 2 is 1.95 bits per heavy atom. The van der Waals surface area contributed by atoms with Gasteiger partial charge in [0, 0.05) is 6.54 Å². The molecular formula is C15H25NO4. The van der Waals surface area contributed by atoms with Crippen molar-refractivity contribution in [3.05, 3.63) is 11.6 Å². The van der Waals surface area contributed by atoms with Crippen LogP contribution in [0.15, 0.2) is 11.6 Å². The van der Waals surface area contributed by atoms with E-state index in [1.54, 1.807) is 0 Å². The van der Waals surface area contributed by atoms with Gasteiger partial charge in [-0.2, -0.15) is 0 Å². The zero-order chi connectivity index (χ0) is 15.3. The molecule has 1 atom stereocenters. The molecule has 20 heavy (non-hydrogen) atoms. The van der Waals surface area contributed by atoms with Crippen molar-refractivity contribution in [3.63, 3.8) is 0 Å². The molecule has 0 saturated carbocycles. The van der Waals surface area contributed by atoms with Crippen LogP contribution in [0.25, 0.3) is 0 Å². The minimum absolute atomic E-state index is 0.250. The van der Waals surface area contributed by atoms with E-state index in [4.69, 9.17) is 9.47 Å². The molecule has 0 aromatic heterocycles. The molecule has 0 aliphatic carbocycles. The van der Waals surface area contributed by atoms with Crippen LogP contribution in [0.5, 0.6) is 0 Å². The summed E-state index contributed by atoms with van der Waals surface area (Å²) in [5, 5.41) is 0. The Morgan fingerprint density at radius 3 is 2.50 bits per heavy atom. The number of allylic oxidation sites excluding steroid dienone is 1. The van der Waals surface area contributed by atoms with Crippen molar-refractivity contribution in [1.82, 2.24) is 4.90 Å². The van der Waals surface area contributed by atoms with Crippen LogP contribution >= 0.6 is 0 Å². The van der Waals surface area contributed by atoms with Gasteiger partial charge in [-0.15, -0.1) is 0 Å². The third-order valence-corrected chi connectivity index (χ3v) is 2.87. The molecule has 0 radical (unpaired) electrons. The Labute approximate surface area is 120 Å². The lowest BCUT2D eigenvalue weighted by Crippen LogP contribution is -2.44. The van der Waals surface area contributed by atoms with Gasteiger partial charge in [-0.25, -0.2) is 9.59 Å². The van der Waals surface area contributed by atoms with Crippen LogP contribution in [0.3, 0.4) is 0 Å². The first-order valence-corrected chi connectivity index (χ1v) is 7.00. The number of carbonyl (C=O) groups is 2. The van der Waals surface area contributed by atoms with Gasteiger partial charge >= 0.3 is 12.1 Å². The van der Waals surface area contributed by atoms with Crippen molar-refractivity contribution in [2.75, 3.05) is 13.2 Å². The molecule has 0 aromatic carbocycles. The fourth-order valence-electron chi connectivity index (χ4n) is 1.94. The molecule has 0 bridgehead atoms. The van der Waals surface area contributed by atoms with E-state index >= 15 is 0 Å². The average Bonchev–Trinajstić information content (AvgIpc) is 2.74. The number of hydrogen-bond donors (Lipinski definition) is 0. The third-order valence-electron chi connectivity index (χ3n) is 2.87. The standard InChI is InChI=1S/C15H25NO4/c1-11(2)8-10-19-13(17)12-7-6-9-16(12)14(18)20-15(3,4)5/h8,12H,6-7,9-10H2,1-5H3. The smallest absolute Gasteiger partial charge is 0.411 e. The van der Waals surface area contributed by atoms with Crippen molar-refractivity contribution < 1.29 is 19.1 Å². The first-order valence-electron chi connectivity index (χ1n) is 7.00. The molecule has 1 unspecified atom stereocenters. The van der Waals surface area contributed by atoms with Crippen LogP contribution in [0, 0.1) is 0 Å². The maximum Gasteiger partial charge on any atom is 0.411 e. The van der Waals surface area contributed by atoms with Gasteiger partial charge < -0.3 is 9.47 Å². The lowest BCUT2D eigenvalue weighted by Gasteiger charge is -2.27. The third kappa shape index (κ3) is 5.23. The number of ether oxygens (including phenoxy) is 2. The molecule has 1 aliphatic heterocycles. The van der Waals surface area contributed by atoms with E-state index in [0.717, 1.165) is 12.0 Å². The monoisotopic (exact) mass is 283 g/mol. The number of amides is 1. The second kappa shape index (κ2) is 6.77. The van der Waals surface area contributed by atoms with Gasteiger partial charge in [0.25, 0.3) is 0 Å². The lowest BCUT2D eigenvalue weighted by molar-refractivity contribution is -0.147. The number of nitrogens with zero attached hydrogens (tertiary/aromatic N) is 1. The first-order chi connectivity index (χ1) is 9.20. The number of hydrogen-bond acceptors (Lipinski definition) is 4. The van der Waals surface area contributed by atoms with E-state index in [0.29, 0.717) is 13.0 Å². The van der Waals surface area contributed by atoms with Gasteiger partial charge in [0.05, 0.1) is 0 Å². The fourth-order valence-corrected chi connectivity index (χ4v) is 1.94. The van der Waals surface area contributed by atoms with Crippen LogP contribution in [-0.2, 0) is 14.3 Å². The molecule has 0 N–H and O–H groups in total. The minimum atomic E-state index is -0.559. The van der Waals surface area contributed by atoms with Gasteiger partial charge in [-0.05, 0) is 53.5 Å². The highest BCUT2D eigenvalue weighted by Gasteiger charge is 2.37. The number of esters is 1. The summed E-state index contributed by atoms with van der Waals surface area (Å²) in [4.78, 5) is 25.5. The molecule has 1 aliphatic rings. The molecule has 5 heteroatoms. The van der Waals surface area contributed by atoms with Gasteiger partial charge in [0.2, 0.25) is 0 Å². The van der Waals surface area contributed by atoms with E-state index in [-0.39, 0.29) is 12.6 Å². The summed E-state index contributed by atoms with van der Waals surface area (Å²) in [6.45, 7) is 10.1. The lowest BCUT2D eigenvalue weighted by atomic mass is 10.2. The highest BCUT2D eigenvalue weighted by atomic mass is 16.6. The zero-order valence-corrected chi connectivity index (χ0v) is 13.1. The summed E-state index contributed by atoms with van der Waals surface area (Å²) in [7, 11) is 0. The molecule has 1 heterocycles. The Hall–Kier alpha value is -1.52. The Bertz CT molecular complexity index is 391. The SMILES string of the molecule is CC(C)=CCOC(=O)C1CCCN1C(=O)OC(C)(C)C. The summed E-state index contributed by atoms with van der Waals surface area (Å²) in [5.74, 6) is -0.356. The number of likely N-dealkylation sites (tertiary alicyclic amines) is 1. The van der Waals surface area contributed by atoms with Crippen molar-refractivity contribution in [2.45, 2.75) is 59.1 Å². The minimum Gasteiger partial charge on any atom is -0.460 e. The van der Waals surface area contributed by atoms with Crippen LogP contribution in [-0.4, -0.2) is 41.8 Å². The highest BCUT2D eigenvalue weighted by Crippen LogP contribution is 2.21. The maximum absolute atomic E-state index is 12.0. The molecule has 114 valence electrons. The second-order valence-electron chi connectivity index (χ2n) is 6.24. The van der Waals surface area contributed by atoms with E-state index in [1.807, 2.05) is 40.7 Å². The Kier molecular flexibility index (Phi) is 5.60. The van der Waals surface area contributed by atoms with Gasteiger partial charge in [-0.3, -0.25) is 4.90 Å². The van der Waals surface area contributed by atoms with E-state index in [9.17, 15) is 9.59 Å². The molecule has 1 amide bonds. The zero-order valence-electron chi connectivity index (χ0n) is 13.1. The summed E-state index contributed by atoms with van der Waals surface area (Å²) >= 11 is 0. The molecule has 0 spiro atoms. The number of rotatable bonds is 3. The molecule has 1 rings (SSSR count). The van der Waals surface area contributed by atoms with Crippen LogP contribution < -0.4 is 0 Å². The molecule has 5 nitrogen and oxygen atoms in total. The first kappa shape index (κ1) is 16.5. The van der Waals surface area contributed by atoms with Crippen molar-refractivity contribution in [3.8, 4) is 0 Å². The Balaban J connectivity index is 2.58. The van der Waals surface area contributed by atoms with E-state index in [1.165, 1.54) is 4.90 Å². The van der Waals surface area contributed by atoms with E-state index < -0.39 is 17.7 Å². The summed E-state index contributed by atoms with van der Waals surface area (Å²) < 4.78 is 10.5. The largest absolute Gasteiger partial charge is 0.460 e. The van der Waals surface area contributed by atoms with Crippen LogP contribution in [0.4, 0.5) is 4.79 Å².